The Kier molecular flexibility index (Phi) is 4.38. The number of halogens is 1. The van der Waals surface area contributed by atoms with Crippen LogP contribution in [0.2, 0.25) is 0 Å². The van der Waals surface area contributed by atoms with Gasteiger partial charge < -0.3 is 29.8 Å². The van der Waals surface area contributed by atoms with Crippen molar-refractivity contribution in [1.82, 2.24) is 0 Å². The third kappa shape index (κ3) is 3.19. The van der Waals surface area contributed by atoms with E-state index in [0.717, 1.165) is 0 Å². The summed E-state index contributed by atoms with van der Waals surface area (Å²) in [5.74, 6) is 0. The predicted octanol–water partition coefficient (Wildman–Crippen LogP) is -2.13. The van der Waals surface area contributed by atoms with Gasteiger partial charge in [-0.05, 0) is 0 Å². The molecule has 0 aromatic carbocycles. The Hall–Kier alpha value is -0.120. The fourth-order valence-electron chi connectivity index (χ4n) is 1.27. The number of hydrogen-bond acceptors (Lipinski definition) is 6. The molecular weight excluding hydrogens is 249 g/mol. The number of phosphoric acid groups is 1. The molecule has 0 unspecified atom stereocenters. The molecule has 0 spiro atoms. The van der Waals surface area contributed by atoms with E-state index in [4.69, 9.17) is 20.0 Å². The lowest BCUT2D eigenvalue weighted by Crippen LogP contribution is -2.57. The highest BCUT2D eigenvalue weighted by atomic mass is 31.2. The summed E-state index contributed by atoms with van der Waals surface area (Å²) in [6.07, 6.45) is -9.40. The molecule has 0 radical (unpaired) electrons. The van der Waals surface area contributed by atoms with Crippen LogP contribution in [0.15, 0.2) is 0 Å². The molecule has 1 heterocycles. The summed E-state index contributed by atoms with van der Waals surface area (Å²) in [7, 11) is -4.99. The van der Waals surface area contributed by atoms with Crippen molar-refractivity contribution in [3.63, 3.8) is 0 Å². The van der Waals surface area contributed by atoms with Crippen LogP contribution in [0.1, 0.15) is 0 Å². The van der Waals surface area contributed by atoms with Gasteiger partial charge in [-0.2, -0.15) is 0 Å². The standard InChI is InChI=1S/C6H12FO8P/c7-3-5(10)4(9)2(1-8)14-6(3)15-16(11,12)13/h2-6,8-10H,1H2,(H2,11,12,13)/t2-,3-,4-,5-,6-/m1/s1/i7-1. The molecule has 0 saturated carbocycles. The maximum atomic E-state index is 13.2. The number of ether oxygens (including phenoxy) is 1. The Bertz CT molecular complexity index is 280. The second kappa shape index (κ2) is 5.03. The van der Waals surface area contributed by atoms with E-state index in [1.54, 1.807) is 0 Å². The summed E-state index contributed by atoms with van der Waals surface area (Å²) >= 11 is 0. The summed E-state index contributed by atoms with van der Waals surface area (Å²) in [6, 6.07) is 0. The Morgan fingerprint density at radius 1 is 1.31 bits per heavy atom. The average Bonchev–Trinajstić information content (AvgIpc) is 2.17. The molecule has 1 saturated heterocycles. The molecular formula is C6H12FO8P. The molecule has 16 heavy (non-hydrogen) atoms. The molecule has 1 rings (SSSR count). The fourth-order valence-corrected chi connectivity index (χ4v) is 1.70. The van der Waals surface area contributed by atoms with Gasteiger partial charge in [-0.15, -0.1) is 0 Å². The van der Waals surface area contributed by atoms with Gasteiger partial charge in [-0.25, -0.2) is 8.96 Å². The van der Waals surface area contributed by atoms with Crippen LogP contribution in [0.5, 0.6) is 0 Å². The fraction of sp³-hybridized carbons (Fsp3) is 1.00. The second-order valence-corrected chi connectivity index (χ2v) is 4.44. The maximum absolute atomic E-state index is 13.2. The van der Waals surface area contributed by atoms with Crippen molar-refractivity contribution in [3.05, 3.63) is 0 Å². The maximum Gasteiger partial charge on any atom is 0.472 e. The number of aliphatic hydroxyl groups excluding tert-OH is 3. The van der Waals surface area contributed by atoms with E-state index in [0.29, 0.717) is 0 Å². The van der Waals surface area contributed by atoms with Gasteiger partial charge in [0.15, 0.2) is 6.17 Å². The zero-order chi connectivity index (χ0) is 12.5. The zero-order valence-corrected chi connectivity index (χ0v) is 8.77. The van der Waals surface area contributed by atoms with Crippen molar-refractivity contribution < 1.29 is 43.3 Å². The molecule has 8 nitrogen and oxygen atoms in total. The lowest BCUT2D eigenvalue weighted by atomic mass is 10.0. The topological polar surface area (TPSA) is 137 Å². The SMILES string of the molecule is O=P(O)(O)O[C@H]1O[C@H](CO)[C@@H](O)[C@H](O)[C@H]1[18F]. The van der Waals surface area contributed by atoms with Gasteiger partial charge in [0.1, 0.15) is 18.3 Å². The first kappa shape index (κ1) is 13.9. The third-order valence-corrected chi connectivity index (χ3v) is 2.53. The molecule has 96 valence electrons. The van der Waals surface area contributed by atoms with Crippen LogP contribution in [0.4, 0.5) is 4.39 Å². The summed E-state index contributed by atoms with van der Waals surface area (Å²) < 4.78 is 32.2. The highest BCUT2D eigenvalue weighted by Crippen LogP contribution is 2.41. The minimum absolute atomic E-state index is 0.758. The first-order valence-electron chi connectivity index (χ1n) is 4.26. The summed E-state index contributed by atoms with van der Waals surface area (Å²) in [5, 5.41) is 27.1. The zero-order valence-electron chi connectivity index (χ0n) is 7.88. The molecule has 0 aromatic heterocycles. The van der Waals surface area contributed by atoms with Crippen molar-refractivity contribution in [1.29, 1.82) is 0 Å². The van der Waals surface area contributed by atoms with Crippen LogP contribution >= 0.6 is 7.82 Å². The minimum Gasteiger partial charge on any atom is -0.394 e. The molecule has 5 atom stereocenters. The normalized spacial score (nSPS) is 41.0. The monoisotopic (exact) mass is 261 g/mol. The molecule has 0 amide bonds. The lowest BCUT2D eigenvalue weighted by molar-refractivity contribution is -0.265. The van der Waals surface area contributed by atoms with Gasteiger partial charge in [-0.3, -0.25) is 4.52 Å². The highest BCUT2D eigenvalue weighted by molar-refractivity contribution is 7.46. The van der Waals surface area contributed by atoms with Gasteiger partial charge in [0, 0.05) is 0 Å². The van der Waals surface area contributed by atoms with Crippen LogP contribution in [-0.4, -0.2) is 62.5 Å². The predicted molar refractivity (Wildman–Crippen MR) is 45.8 cm³/mol. The smallest absolute Gasteiger partial charge is 0.394 e. The Balaban J connectivity index is 2.75. The Labute approximate surface area is 89.5 Å². The van der Waals surface area contributed by atoms with E-state index >= 15 is 0 Å². The summed E-state index contributed by atoms with van der Waals surface area (Å²) in [6.45, 7) is -0.758. The van der Waals surface area contributed by atoms with Crippen LogP contribution in [0, 0.1) is 0 Å². The van der Waals surface area contributed by atoms with Gasteiger partial charge in [0.25, 0.3) is 0 Å². The number of phosphoric ester groups is 1. The van der Waals surface area contributed by atoms with Gasteiger partial charge >= 0.3 is 7.82 Å². The van der Waals surface area contributed by atoms with Crippen molar-refractivity contribution in [2.24, 2.45) is 0 Å². The molecule has 0 aliphatic carbocycles. The van der Waals surface area contributed by atoms with E-state index in [-0.39, 0.29) is 0 Å². The minimum atomic E-state index is -4.99. The number of aliphatic hydroxyl groups is 3. The Morgan fingerprint density at radius 3 is 2.31 bits per heavy atom. The van der Waals surface area contributed by atoms with E-state index in [2.05, 4.69) is 9.26 Å². The highest BCUT2D eigenvalue weighted by Gasteiger charge is 2.47. The van der Waals surface area contributed by atoms with E-state index in [1.165, 1.54) is 0 Å². The van der Waals surface area contributed by atoms with Crippen LogP contribution in [0.25, 0.3) is 0 Å². The van der Waals surface area contributed by atoms with E-state index < -0.39 is 45.2 Å². The van der Waals surface area contributed by atoms with Gasteiger partial charge in [0.2, 0.25) is 6.29 Å². The van der Waals surface area contributed by atoms with E-state index in [1.807, 2.05) is 0 Å². The molecule has 5 N–H and O–H groups in total. The van der Waals surface area contributed by atoms with Crippen LogP contribution in [-0.2, 0) is 13.8 Å². The largest absolute Gasteiger partial charge is 0.472 e. The van der Waals surface area contributed by atoms with Crippen LogP contribution in [0.3, 0.4) is 0 Å². The summed E-state index contributed by atoms with van der Waals surface area (Å²) in [4.78, 5) is 16.9. The first-order valence-corrected chi connectivity index (χ1v) is 5.79. The van der Waals surface area contributed by atoms with Gasteiger partial charge in [-0.1, -0.05) is 0 Å². The molecule has 0 bridgehead atoms. The van der Waals surface area contributed by atoms with Crippen molar-refractivity contribution in [2.45, 2.75) is 30.8 Å². The van der Waals surface area contributed by atoms with E-state index in [9.17, 15) is 14.1 Å². The summed E-state index contributed by atoms with van der Waals surface area (Å²) in [5.41, 5.74) is 0. The van der Waals surface area contributed by atoms with Crippen molar-refractivity contribution in [3.8, 4) is 0 Å². The average molecular weight is 261 g/mol. The molecule has 1 aliphatic rings. The number of rotatable bonds is 3. The first-order chi connectivity index (χ1) is 7.26. The van der Waals surface area contributed by atoms with Crippen molar-refractivity contribution in [2.75, 3.05) is 6.61 Å². The van der Waals surface area contributed by atoms with Crippen molar-refractivity contribution >= 4 is 7.82 Å². The Morgan fingerprint density at radius 2 is 1.88 bits per heavy atom. The number of hydrogen-bond donors (Lipinski definition) is 5. The molecule has 1 aliphatic heterocycles. The molecule has 10 heteroatoms. The molecule has 1 fully saturated rings. The second-order valence-electron chi connectivity index (χ2n) is 3.25. The van der Waals surface area contributed by atoms with Gasteiger partial charge in [0.05, 0.1) is 6.61 Å². The third-order valence-electron chi connectivity index (χ3n) is 2.05. The number of alkyl halides is 1. The van der Waals surface area contributed by atoms with Crippen LogP contribution < -0.4 is 0 Å². The molecule has 0 aromatic rings. The lowest BCUT2D eigenvalue weighted by Gasteiger charge is -2.38. The quantitative estimate of drug-likeness (QED) is 0.363.